The monoisotopic (exact) mass is 442 g/mol. The number of benzene rings is 3. The van der Waals surface area contributed by atoms with Crippen LogP contribution >= 0.6 is 0 Å². The van der Waals surface area contributed by atoms with Crippen molar-refractivity contribution in [2.24, 2.45) is 0 Å². The summed E-state index contributed by atoms with van der Waals surface area (Å²) in [6.07, 6.45) is 1.94. The first-order chi connectivity index (χ1) is 16.0. The quantitative estimate of drug-likeness (QED) is 0.562. The number of para-hydroxylation sites is 2. The highest BCUT2D eigenvalue weighted by molar-refractivity contribution is 6.16. The summed E-state index contributed by atoms with van der Waals surface area (Å²) in [7, 11) is 3.14. The molecule has 3 aromatic rings. The van der Waals surface area contributed by atoms with Crippen LogP contribution in [0.15, 0.2) is 84.4 Å². The normalized spacial score (nSPS) is 16.7. The molecule has 1 atom stereocenters. The van der Waals surface area contributed by atoms with E-state index < -0.39 is 6.04 Å². The van der Waals surface area contributed by atoms with Crippen LogP contribution in [-0.4, -0.2) is 38.6 Å². The van der Waals surface area contributed by atoms with E-state index >= 15 is 0 Å². The molecule has 1 unspecified atom stereocenters. The fourth-order valence-electron chi connectivity index (χ4n) is 4.07. The van der Waals surface area contributed by atoms with Gasteiger partial charge < -0.3 is 9.47 Å². The molecule has 168 valence electrons. The van der Waals surface area contributed by atoms with E-state index in [1.807, 2.05) is 55.5 Å². The molecular weight excluding hydrogens is 416 g/mol. The summed E-state index contributed by atoms with van der Waals surface area (Å²) >= 11 is 0. The summed E-state index contributed by atoms with van der Waals surface area (Å²) in [6.45, 7) is 1.80. The van der Waals surface area contributed by atoms with Crippen LogP contribution in [0.5, 0.6) is 11.5 Å². The molecule has 1 aliphatic heterocycles. The minimum Gasteiger partial charge on any atom is -0.497 e. The molecule has 0 bridgehead atoms. The topological polar surface area (TPSA) is 59.1 Å². The predicted octanol–water partition coefficient (Wildman–Crippen LogP) is 4.56. The number of piperazine rings is 1. The number of nitrogens with zero attached hydrogens (tertiary/aromatic N) is 2. The Hall–Kier alpha value is -4.06. The summed E-state index contributed by atoms with van der Waals surface area (Å²) in [6, 6.07) is 23.3. The lowest BCUT2D eigenvalue weighted by Gasteiger charge is -2.41. The summed E-state index contributed by atoms with van der Waals surface area (Å²) in [5.41, 5.74) is 2.93. The number of hydrogen-bond donors (Lipinski definition) is 0. The Labute approximate surface area is 193 Å². The van der Waals surface area contributed by atoms with E-state index in [1.165, 1.54) is 4.90 Å². The second-order valence-corrected chi connectivity index (χ2v) is 7.76. The van der Waals surface area contributed by atoms with Crippen molar-refractivity contribution in [3.8, 4) is 11.5 Å². The van der Waals surface area contributed by atoms with Gasteiger partial charge in [-0.25, -0.2) is 0 Å². The van der Waals surface area contributed by atoms with E-state index in [-0.39, 0.29) is 18.4 Å². The largest absolute Gasteiger partial charge is 0.497 e. The molecule has 6 heteroatoms. The number of rotatable bonds is 6. The SMILES string of the molecule is COc1ccc(N2C(=O)CN(c3ccccc3OC)C(=O)C2/C(C)=C/c2ccccc2)cc1. The first kappa shape index (κ1) is 22.1. The molecule has 1 fully saturated rings. The lowest BCUT2D eigenvalue weighted by molar-refractivity contribution is -0.127. The Morgan fingerprint density at radius 3 is 2.21 bits per heavy atom. The van der Waals surface area contributed by atoms with Crippen molar-refractivity contribution in [1.82, 2.24) is 0 Å². The van der Waals surface area contributed by atoms with Crippen molar-refractivity contribution in [3.05, 3.63) is 90.0 Å². The van der Waals surface area contributed by atoms with Crippen LogP contribution in [0, 0.1) is 0 Å². The number of hydrogen-bond acceptors (Lipinski definition) is 4. The van der Waals surface area contributed by atoms with Crippen molar-refractivity contribution in [1.29, 1.82) is 0 Å². The Morgan fingerprint density at radius 1 is 0.879 bits per heavy atom. The number of carbonyl (C=O) groups is 2. The number of methoxy groups -OCH3 is 2. The maximum Gasteiger partial charge on any atom is 0.255 e. The van der Waals surface area contributed by atoms with Crippen LogP contribution < -0.4 is 19.3 Å². The van der Waals surface area contributed by atoms with Crippen LogP contribution in [-0.2, 0) is 9.59 Å². The lowest BCUT2D eigenvalue weighted by Crippen LogP contribution is -2.61. The smallest absolute Gasteiger partial charge is 0.255 e. The molecule has 6 nitrogen and oxygen atoms in total. The minimum atomic E-state index is -0.801. The minimum absolute atomic E-state index is 0.0830. The summed E-state index contributed by atoms with van der Waals surface area (Å²) in [4.78, 5) is 30.4. The molecule has 0 aromatic heterocycles. The van der Waals surface area contributed by atoms with E-state index in [0.29, 0.717) is 22.9 Å². The van der Waals surface area contributed by atoms with Gasteiger partial charge in [0, 0.05) is 5.69 Å². The van der Waals surface area contributed by atoms with E-state index in [2.05, 4.69) is 0 Å². The van der Waals surface area contributed by atoms with Gasteiger partial charge in [-0.05, 0) is 54.5 Å². The Balaban J connectivity index is 1.80. The van der Waals surface area contributed by atoms with E-state index in [4.69, 9.17) is 9.47 Å². The molecule has 0 N–H and O–H groups in total. The summed E-state index contributed by atoms with van der Waals surface area (Å²) in [5.74, 6) is 0.842. The van der Waals surface area contributed by atoms with Crippen molar-refractivity contribution >= 4 is 29.3 Å². The summed E-state index contributed by atoms with van der Waals surface area (Å²) < 4.78 is 10.7. The average Bonchev–Trinajstić information content (AvgIpc) is 2.85. The third-order valence-corrected chi connectivity index (χ3v) is 5.67. The second kappa shape index (κ2) is 9.61. The van der Waals surface area contributed by atoms with E-state index in [0.717, 1.165) is 11.1 Å². The molecule has 0 aliphatic carbocycles. The van der Waals surface area contributed by atoms with Gasteiger partial charge in [-0.2, -0.15) is 0 Å². The highest BCUT2D eigenvalue weighted by Gasteiger charge is 2.42. The first-order valence-electron chi connectivity index (χ1n) is 10.7. The Bertz CT molecular complexity index is 1170. The van der Waals surface area contributed by atoms with Gasteiger partial charge >= 0.3 is 0 Å². The molecule has 33 heavy (non-hydrogen) atoms. The van der Waals surface area contributed by atoms with Crippen molar-refractivity contribution in [2.75, 3.05) is 30.6 Å². The molecule has 0 radical (unpaired) electrons. The first-order valence-corrected chi connectivity index (χ1v) is 10.7. The molecule has 4 rings (SSSR count). The molecule has 1 saturated heterocycles. The van der Waals surface area contributed by atoms with Crippen LogP contribution in [0.1, 0.15) is 12.5 Å². The van der Waals surface area contributed by atoms with Crippen LogP contribution in [0.2, 0.25) is 0 Å². The molecule has 1 heterocycles. The molecule has 1 aliphatic rings. The van der Waals surface area contributed by atoms with E-state index in [9.17, 15) is 9.59 Å². The maximum absolute atomic E-state index is 13.9. The Morgan fingerprint density at radius 2 is 1.55 bits per heavy atom. The standard InChI is InChI=1S/C27H26N2O4/c1-19(17-20-9-5-4-6-10-20)26-27(31)28(23-11-7-8-12-24(23)33-3)18-25(30)29(26)21-13-15-22(32-2)16-14-21/h4-17,26H,18H2,1-3H3/b19-17+. The van der Waals surface area contributed by atoms with Crippen LogP contribution in [0.25, 0.3) is 6.08 Å². The van der Waals surface area contributed by atoms with Gasteiger partial charge in [0.2, 0.25) is 5.91 Å². The molecular formula is C27H26N2O4. The highest BCUT2D eigenvalue weighted by atomic mass is 16.5. The zero-order valence-electron chi connectivity index (χ0n) is 18.9. The van der Waals surface area contributed by atoms with Crippen molar-refractivity contribution in [2.45, 2.75) is 13.0 Å². The summed E-state index contributed by atoms with van der Waals surface area (Å²) in [5, 5.41) is 0. The second-order valence-electron chi connectivity index (χ2n) is 7.76. The fraction of sp³-hybridized carbons (Fsp3) is 0.185. The third-order valence-electron chi connectivity index (χ3n) is 5.67. The van der Waals surface area contributed by atoms with Gasteiger partial charge in [-0.15, -0.1) is 0 Å². The Kier molecular flexibility index (Phi) is 6.45. The van der Waals surface area contributed by atoms with Gasteiger partial charge in [-0.3, -0.25) is 19.4 Å². The zero-order valence-corrected chi connectivity index (χ0v) is 18.9. The molecule has 3 aromatic carbocycles. The van der Waals surface area contributed by atoms with Gasteiger partial charge in [0.15, 0.2) is 0 Å². The van der Waals surface area contributed by atoms with Crippen molar-refractivity contribution in [3.63, 3.8) is 0 Å². The van der Waals surface area contributed by atoms with Crippen LogP contribution in [0.3, 0.4) is 0 Å². The van der Waals surface area contributed by atoms with Gasteiger partial charge in [0.1, 0.15) is 24.1 Å². The zero-order chi connectivity index (χ0) is 23.4. The van der Waals surface area contributed by atoms with Gasteiger partial charge in [0.05, 0.1) is 19.9 Å². The molecule has 2 amide bonds. The predicted molar refractivity (Wildman–Crippen MR) is 130 cm³/mol. The fourth-order valence-corrected chi connectivity index (χ4v) is 4.07. The molecule has 0 saturated carbocycles. The average molecular weight is 443 g/mol. The number of anilines is 2. The third kappa shape index (κ3) is 4.46. The van der Waals surface area contributed by atoms with Gasteiger partial charge in [0.25, 0.3) is 5.91 Å². The number of amides is 2. The van der Waals surface area contributed by atoms with E-state index in [1.54, 1.807) is 55.5 Å². The number of carbonyl (C=O) groups excluding carboxylic acids is 2. The highest BCUT2D eigenvalue weighted by Crippen LogP contribution is 2.34. The van der Waals surface area contributed by atoms with Crippen LogP contribution in [0.4, 0.5) is 11.4 Å². The maximum atomic E-state index is 13.9. The molecule has 0 spiro atoms. The number of ether oxygens (including phenoxy) is 2. The van der Waals surface area contributed by atoms with Gasteiger partial charge in [-0.1, -0.05) is 48.5 Å². The lowest BCUT2D eigenvalue weighted by atomic mass is 9.98. The van der Waals surface area contributed by atoms with Crippen molar-refractivity contribution < 1.29 is 19.1 Å².